The highest BCUT2D eigenvalue weighted by molar-refractivity contribution is 7.99. The number of Topliss-reactive ketones (excluding diaryl/α,β-unsaturated/α-hetero) is 1. The first-order valence-electron chi connectivity index (χ1n) is 7.69. The minimum Gasteiger partial charge on any atom is -0.437 e. The third-order valence-corrected chi connectivity index (χ3v) is 4.77. The Kier molecular flexibility index (Phi) is 6.07. The highest BCUT2D eigenvalue weighted by Crippen LogP contribution is 2.23. The zero-order valence-corrected chi connectivity index (χ0v) is 15.2. The second kappa shape index (κ2) is 7.84. The van der Waals surface area contributed by atoms with E-state index >= 15 is 0 Å². The van der Waals surface area contributed by atoms with E-state index in [-0.39, 0.29) is 5.78 Å². The lowest BCUT2D eigenvalue weighted by Gasteiger charge is -2.09. The summed E-state index contributed by atoms with van der Waals surface area (Å²) in [6, 6.07) is 1.97. The summed E-state index contributed by atoms with van der Waals surface area (Å²) >= 11 is 1.35. The van der Waals surface area contributed by atoms with E-state index in [2.05, 4.69) is 9.55 Å². The van der Waals surface area contributed by atoms with Crippen molar-refractivity contribution in [3.63, 3.8) is 0 Å². The van der Waals surface area contributed by atoms with E-state index in [1.807, 2.05) is 33.8 Å². The van der Waals surface area contributed by atoms with E-state index in [0.29, 0.717) is 11.0 Å². The van der Waals surface area contributed by atoms with Crippen molar-refractivity contribution < 1.29 is 13.9 Å². The lowest BCUT2D eigenvalue weighted by Crippen LogP contribution is -2.08. The molecule has 0 N–H and O–H groups in total. The Bertz CT molecular complexity index is 669. The first-order valence-corrected chi connectivity index (χ1v) is 8.68. The van der Waals surface area contributed by atoms with Crippen LogP contribution in [0.5, 0.6) is 0 Å². The van der Waals surface area contributed by atoms with E-state index in [1.165, 1.54) is 11.8 Å². The number of methoxy groups -OCH3 is 1. The Morgan fingerprint density at radius 1 is 1.35 bits per heavy atom. The van der Waals surface area contributed by atoms with Gasteiger partial charge in [0.2, 0.25) is 0 Å². The van der Waals surface area contributed by atoms with Crippen LogP contribution in [-0.4, -0.2) is 34.8 Å². The molecule has 6 heteroatoms. The van der Waals surface area contributed by atoms with Gasteiger partial charge in [-0.05, 0) is 40.2 Å². The number of aryl methyl sites for hydroxylation is 3. The minimum atomic E-state index is 0.106. The fourth-order valence-corrected chi connectivity index (χ4v) is 3.30. The number of carbonyl (C=O) groups is 1. The van der Waals surface area contributed by atoms with Gasteiger partial charge in [0.05, 0.1) is 11.4 Å². The molecule has 5 nitrogen and oxygen atoms in total. The molecule has 0 unspecified atom stereocenters. The van der Waals surface area contributed by atoms with E-state index in [9.17, 15) is 4.79 Å². The maximum absolute atomic E-state index is 12.5. The van der Waals surface area contributed by atoms with Gasteiger partial charge in [0.15, 0.2) is 5.78 Å². The normalized spacial score (nSPS) is 11.2. The van der Waals surface area contributed by atoms with Crippen LogP contribution >= 0.6 is 11.8 Å². The molecule has 0 saturated carbocycles. The lowest BCUT2D eigenvalue weighted by molar-refractivity contribution is 0.102. The van der Waals surface area contributed by atoms with Gasteiger partial charge in [-0.3, -0.25) is 4.79 Å². The lowest BCUT2D eigenvalue weighted by atomic mass is 10.2. The van der Waals surface area contributed by atoms with Crippen LogP contribution in [-0.2, 0) is 11.3 Å². The van der Waals surface area contributed by atoms with Crippen LogP contribution in [0.3, 0.4) is 0 Å². The molecule has 0 saturated heterocycles. The number of ether oxygens (including phenoxy) is 1. The fourth-order valence-electron chi connectivity index (χ4n) is 2.50. The molecule has 2 aromatic heterocycles. The first kappa shape index (κ1) is 17.8. The number of hydrogen-bond donors (Lipinski definition) is 0. The average molecular weight is 336 g/mol. The quantitative estimate of drug-likeness (QED) is 0.418. The molecular weight excluding hydrogens is 312 g/mol. The molecule has 0 radical (unpaired) electrons. The largest absolute Gasteiger partial charge is 0.437 e. The van der Waals surface area contributed by atoms with Crippen LogP contribution in [0.1, 0.15) is 39.6 Å². The molecule has 126 valence electrons. The van der Waals surface area contributed by atoms with Gasteiger partial charge in [0.25, 0.3) is 5.22 Å². The second-order valence-electron chi connectivity index (χ2n) is 5.62. The zero-order valence-electron chi connectivity index (χ0n) is 14.4. The Balaban J connectivity index is 2.03. The maximum atomic E-state index is 12.5. The van der Waals surface area contributed by atoms with Gasteiger partial charge in [-0.1, -0.05) is 11.8 Å². The Labute approximate surface area is 141 Å². The van der Waals surface area contributed by atoms with Gasteiger partial charge < -0.3 is 13.7 Å². The smallest absolute Gasteiger partial charge is 0.256 e. The molecule has 23 heavy (non-hydrogen) atoms. The van der Waals surface area contributed by atoms with Crippen LogP contribution in [0.4, 0.5) is 0 Å². The van der Waals surface area contributed by atoms with Crippen LogP contribution in [0.2, 0.25) is 0 Å². The predicted molar refractivity (Wildman–Crippen MR) is 91.4 cm³/mol. The first-order chi connectivity index (χ1) is 10.9. The summed E-state index contributed by atoms with van der Waals surface area (Å²) in [4.78, 5) is 16.8. The molecule has 0 bridgehead atoms. The molecule has 0 aliphatic rings. The van der Waals surface area contributed by atoms with Gasteiger partial charge in [0, 0.05) is 37.2 Å². The van der Waals surface area contributed by atoms with E-state index in [1.54, 1.807) is 7.11 Å². The number of hydrogen-bond acceptors (Lipinski definition) is 5. The monoisotopic (exact) mass is 336 g/mol. The summed E-state index contributed by atoms with van der Waals surface area (Å²) in [5.74, 6) is 1.24. The maximum Gasteiger partial charge on any atom is 0.256 e. The third-order valence-electron chi connectivity index (χ3n) is 3.94. The van der Waals surface area contributed by atoms with Crippen LogP contribution in [0, 0.1) is 27.7 Å². The molecule has 2 aromatic rings. The van der Waals surface area contributed by atoms with Crippen LogP contribution in [0.15, 0.2) is 15.7 Å². The summed E-state index contributed by atoms with van der Waals surface area (Å²) in [6.07, 6.45) is 0.935. The van der Waals surface area contributed by atoms with Crippen LogP contribution < -0.4 is 0 Å². The molecular formula is C17H24N2O3S. The predicted octanol–water partition coefficient (Wildman–Crippen LogP) is 3.72. The van der Waals surface area contributed by atoms with Crippen molar-refractivity contribution in [1.29, 1.82) is 0 Å². The number of carbonyl (C=O) groups excluding carboxylic acids is 1. The Morgan fingerprint density at radius 3 is 2.70 bits per heavy atom. The highest BCUT2D eigenvalue weighted by Gasteiger charge is 2.17. The number of aromatic nitrogens is 2. The summed E-state index contributed by atoms with van der Waals surface area (Å²) < 4.78 is 12.8. The van der Waals surface area contributed by atoms with Gasteiger partial charge >= 0.3 is 0 Å². The number of oxazole rings is 1. The molecule has 2 heterocycles. The molecule has 0 amide bonds. The molecule has 0 fully saturated rings. The number of rotatable bonds is 8. The number of thioether (sulfide) groups is 1. The van der Waals surface area contributed by atoms with Gasteiger partial charge in [-0.25, -0.2) is 4.98 Å². The third kappa shape index (κ3) is 4.26. The topological polar surface area (TPSA) is 57.3 Å². The van der Waals surface area contributed by atoms with Crippen molar-refractivity contribution >= 4 is 17.5 Å². The second-order valence-corrected chi connectivity index (χ2v) is 6.54. The Morgan fingerprint density at radius 2 is 2.09 bits per heavy atom. The molecule has 0 atom stereocenters. The van der Waals surface area contributed by atoms with Crippen LogP contribution in [0.25, 0.3) is 0 Å². The summed E-state index contributed by atoms with van der Waals surface area (Å²) in [7, 11) is 1.70. The van der Waals surface area contributed by atoms with Crippen molar-refractivity contribution in [2.75, 3.05) is 19.5 Å². The number of ketones is 1. The zero-order chi connectivity index (χ0) is 17.0. The number of nitrogens with zero attached hydrogens (tertiary/aromatic N) is 2. The van der Waals surface area contributed by atoms with Gasteiger partial charge in [-0.15, -0.1) is 0 Å². The van der Waals surface area contributed by atoms with Crippen molar-refractivity contribution in [1.82, 2.24) is 9.55 Å². The van der Waals surface area contributed by atoms with Gasteiger partial charge in [0.1, 0.15) is 5.76 Å². The highest BCUT2D eigenvalue weighted by atomic mass is 32.2. The van der Waals surface area contributed by atoms with E-state index in [4.69, 9.17) is 9.15 Å². The minimum absolute atomic E-state index is 0.106. The molecule has 0 aliphatic heterocycles. The molecule has 2 rings (SSSR count). The van der Waals surface area contributed by atoms with E-state index in [0.717, 1.165) is 48.0 Å². The SMILES string of the molecule is COCCCn1c(C)cc(C(=O)CSc2nc(C)c(C)o2)c1C. The van der Waals surface area contributed by atoms with Crippen molar-refractivity contribution in [3.05, 3.63) is 34.5 Å². The standard InChI is InChI=1S/C17H24N2O3S/c1-11-9-15(13(3)19(11)7-6-8-21-5)16(20)10-23-17-18-12(2)14(4)22-17/h9H,6-8,10H2,1-5H3. The average Bonchev–Trinajstić information content (AvgIpc) is 2.98. The summed E-state index contributed by atoms with van der Waals surface area (Å²) in [5, 5.41) is 0.558. The Hall–Kier alpha value is -1.53. The van der Waals surface area contributed by atoms with Gasteiger partial charge in [-0.2, -0.15) is 0 Å². The fraction of sp³-hybridized carbons (Fsp3) is 0.529. The van der Waals surface area contributed by atoms with Crippen molar-refractivity contribution in [2.45, 2.75) is 45.9 Å². The van der Waals surface area contributed by atoms with Crippen molar-refractivity contribution in [3.8, 4) is 0 Å². The van der Waals surface area contributed by atoms with E-state index < -0.39 is 0 Å². The van der Waals surface area contributed by atoms with Crippen molar-refractivity contribution in [2.24, 2.45) is 0 Å². The molecule has 0 aliphatic carbocycles. The molecule has 0 spiro atoms. The molecule has 0 aromatic carbocycles. The summed E-state index contributed by atoms with van der Waals surface area (Å²) in [5.41, 5.74) is 3.78. The summed E-state index contributed by atoms with van der Waals surface area (Å²) in [6.45, 7) is 9.39.